The van der Waals surface area contributed by atoms with E-state index in [-0.39, 0.29) is 124 Å². The molecular formula is C10H6Na4O12S2. The monoisotopic (exact) mass is 474 g/mol. The van der Waals surface area contributed by atoms with E-state index in [2.05, 4.69) is 9.47 Å². The molecule has 0 atom stereocenters. The Morgan fingerprint density at radius 1 is 0.786 bits per heavy atom. The number of benzene rings is 1. The molecule has 0 fully saturated rings. The SMILES string of the molecule is O=C([O-])COc1cc(S(=O)(=O)[O-])cc(S(=O)(=O)[O-])c1OCC(=O)[O-].[Na+].[Na+].[Na+].[Na+]. The maximum Gasteiger partial charge on any atom is 1.00 e. The van der Waals surface area contributed by atoms with Gasteiger partial charge in [0.05, 0.1) is 16.8 Å². The smallest absolute Gasteiger partial charge is 0.744 e. The zero-order valence-electron chi connectivity index (χ0n) is 15.3. The van der Waals surface area contributed by atoms with Crippen LogP contribution in [0.15, 0.2) is 21.9 Å². The molecule has 1 rings (SSSR count). The van der Waals surface area contributed by atoms with E-state index < -0.39 is 66.7 Å². The summed E-state index contributed by atoms with van der Waals surface area (Å²) >= 11 is 0. The van der Waals surface area contributed by atoms with Crippen molar-refractivity contribution in [2.24, 2.45) is 0 Å². The van der Waals surface area contributed by atoms with Crippen LogP contribution in [0.2, 0.25) is 0 Å². The Morgan fingerprint density at radius 2 is 1.21 bits per heavy atom. The number of hydrogen-bond acceptors (Lipinski definition) is 12. The summed E-state index contributed by atoms with van der Waals surface area (Å²) in [7, 11) is -10.7. The molecule has 0 radical (unpaired) electrons. The molecule has 0 N–H and O–H groups in total. The van der Waals surface area contributed by atoms with Gasteiger partial charge in [-0.1, -0.05) is 0 Å². The summed E-state index contributed by atoms with van der Waals surface area (Å²) < 4.78 is 75.5. The predicted octanol–water partition coefficient (Wildman–Crippen LogP) is -16.2. The number of hydrogen-bond donors (Lipinski definition) is 0. The summed E-state index contributed by atoms with van der Waals surface area (Å²) in [5, 5.41) is 20.8. The molecule has 1 aromatic rings. The number of carboxylic acid groups (broad SMARTS) is 2. The van der Waals surface area contributed by atoms with Crippen molar-refractivity contribution in [1.29, 1.82) is 0 Å². The van der Waals surface area contributed by atoms with Crippen molar-refractivity contribution in [2.75, 3.05) is 13.2 Å². The van der Waals surface area contributed by atoms with E-state index in [1.54, 1.807) is 0 Å². The van der Waals surface area contributed by atoms with Crippen molar-refractivity contribution < 1.29 is 173 Å². The molecule has 18 heteroatoms. The summed E-state index contributed by atoms with van der Waals surface area (Å²) in [6, 6.07) is 0.492. The predicted molar refractivity (Wildman–Crippen MR) is 63.4 cm³/mol. The average Bonchev–Trinajstić information content (AvgIpc) is 2.40. The first-order chi connectivity index (χ1) is 10.8. The Morgan fingerprint density at radius 3 is 1.57 bits per heavy atom. The molecule has 134 valence electrons. The van der Waals surface area contributed by atoms with Crippen molar-refractivity contribution in [1.82, 2.24) is 0 Å². The van der Waals surface area contributed by atoms with Crippen LogP contribution < -0.4 is 138 Å². The fourth-order valence-corrected chi connectivity index (χ4v) is 2.65. The normalized spacial score (nSPS) is 10.1. The minimum atomic E-state index is -5.46. The van der Waals surface area contributed by atoms with Crippen molar-refractivity contribution in [3.8, 4) is 11.5 Å². The van der Waals surface area contributed by atoms with Crippen LogP contribution in [0, 0.1) is 0 Å². The van der Waals surface area contributed by atoms with Crippen molar-refractivity contribution >= 4 is 32.2 Å². The van der Waals surface area contributed by atoms with Crippen LogP contribution in [-0.2, 0) is 29.8 Å². The molecule has 28 heavy (non-hydrogen) atoms. The van der Waals surface area contributed by atoms with Gasteiger partial charge in [0.25, 0.3) is 0 Å². The maximum atomic E-state index is 11.2. The first-order valence-corrected chi connectivity index (χ1v) is 8.39. The molecule has 0 unspecified atom stereocenters. The third kappa shape index (κ3) is 12.4. The molecule has 0 bridgehead atoms. The van der Waals surface area contributed by atoms with Gasteiger partial charge in [0.2, 0.25) is 0 Å². The first kappa shape index (κ1) is 36.9. The van der Waals surface area contributed by atoms with E-state index in [9.17, 15) is 45.7 Å². The Labute approximate surface area is 248 Å². The topological polar surface area (TPSA) is 213 Å². The summed E-state index contributed by atoms with van der Waals surface area (Å²) in [6.07, 6.45) is 0. The van der Waals surface area contributed by atoms with Gasteiger partial charge in [-0.15, -0.1) is 0 Å². The van der Waals surface area contributed by atoms with Crippen LogP contribution in [0.4, 0.5) is 0 Å². The molecule has 12 nitrogen and oxygen atoms in total. The van der Waals surface area contributed by atoms with Crippen molar-refractivity contribution in [3.63, 3.8) is 0 Å². The maximum absolute atomic E-state index is 11.2. The summed E-state index contributed by atoms with van der Waals surface area (Å²) in [4.78, 5) is 18.1. The fraction of sp³-hybridized carbons (Fsp3) is 0.200. The second-order valence-corrected chi connectivity index (χ2v) is 6.71. The van der Waals surface area contributed by atoms with Gasteiger partial charge in [0.1, 0.15) is 38.3 Å². The van der Waals surface area contributed by atoms with Gasteiger partial charge < -0.3 is 38.4 Å². The standard InChI is InChI=1S/C10H10O12S2.4Na/c11-8(12)3-21-6-1-5(23(15,16)17)2-7(24(18,19)20)10(6)22-4-9(13)14;;;;/h1-2H,3-4H2,(H,11,12)(H,13,14)(H,15,16,17)(H,18,19,20);;;;/q;4*+1/p-4. The van der Waals surface area contributed by atoms with E-state index in [0.717, 1.165) is 0 Å². The molecular weight excluding hydrogens is 468 g/mol. The molecule has 0 amide bonds. The van der Waals surface area contributed by atoms with Crippen LogP contribution in [0.5, 0.6) is 11.5 Å². The van der Waals surface area contributed by atoms with E-state index >= 15 is 0 Å². The molecule has 0 aliphatic heterocycles. The average molecular weight is 474 g/mol. The van der Waals surface area contributed by atoms with E-state index in [0.29, 0.717) is 6.07 Å². The van der Waals surface area contributed by atoms with Crippen LogP contribution in [0.25, 0.3) is 0 Å². The first-order valence-electron chi connectivity index (χ1n) is 5.57. The minimum absolute atomic E-state index is 0. The Hall–Kier alpha value is 1.58. The number of carbonyl (C=O) groups is 2. The molecule has 0 aliphatic carbocycles. The van der Waals surface area contributed by atoms with Gasteiger partial charge in [-0.05, 0) is 6.07 Å². The number of rotatable bonds is 8. The van der Waals surface area contributed by atoms with Crippen molar-refractivity contribution in [3.05, 3.63) is 12.1 Å². The van der Waals surface area contributed by atoms with Gasteiger partial charge in [0, 0.05) is 6.07 Å². The van der Waals surface area contributed by atoms with Crippen LogP contribution in [-0.4, -0.2) is 51.1 Å². The number of aliphatic carboxylic acids is 2. The molecule has 0 aliphatic rings. The van der Waals surface area contributed by atoms with Gasteiger partial charge in [-0.25, -0.2) is 16.8 Å². The Bertz CT molecular complexity index is 884. The third-order valence-corrected chi connectivity index (χ3v) is 3.89. The van der Waals surface area contributed by atoms with Crippen molar-refractivity contribution in [2.45, 2.75) is 9.79 Å². The zero-order chi connectivity index (χ0) is 18.7. The van der Waals surface area contributed by atoms with Crippen LogP contribution in [0.1, 0.15) is 0 Å². The van der Waals surface area contributed by atoms with Gasteiger partial charge in [0.15, 0.2) is 11.5 Å². The zero-order valence-corrected chi connectivity index (χ0v) is 24.9. The van der Waals surface area contributed by atoms with Gasteiger partial charge in [-0.3, -0.25) is 0 Å². The summed E-state index contributed by atoms with van der Waals surface area (Å²) in [6.45, 7) is -2.53. The van der Waals surface area contributed by atoms with E-state index in [1.807, 2.05) is 0 Å². The summed E-state index contributed by atoms with van der Waals surface area (Å²) in [5.74, 6) is -5.76. The summed E-state index contributed by atoms with van der Waals surface area (Å²) in [5.41, 5.74) is 0. The Kier molecular flexibility index (Phi) is 20.3. The molecule has 0 saturated carbocycles. The van der Waals surface area contributed by atoms with Crippen LogP contribution >= 0.6 is 0 Å². The third-order valence-electron chi connectivity index (χ3n) is 2.23. The second-order valence-electron chi connectivity index (χ2n) is 3.98. The number of carboxylic acids is 2. The number of ether oxygens (including phenoxy) is 2. The van der Waals surface area contributed by atoms with Gasteiger partial charge in [-0.2, -0.15) is 0 Å². The largest absolute Gasteiger partial charge is 1.00 e. The van der Waals surface area contributed by atoms with E-state index in [1.165, 1.54) is 0 Å². The molecule has 0 saturated heterocycles. The van der Waals surface area contributed by atoms with Gasteiger partial charge >= 0.3 is 118 Å². The quantitative estimate of drug-likeness (QED) is 0.254. The molecule has 0 heterocycles. The second kappa shape index (κ2) is 15.4. The Balaban J connectivity index is -0.000000720. The molecule has 0 aromatic heterocycles. The van der Waals surface area contributed by atoms with Crippen LogP contribution in [0.3, 0.4) is 0 Å². The molecule has 1 aromatic carbocycles. The molecule has 0 spiro atoms. The fourth-order valence-electron chi connectivity index (χ4n) is 1.40. The number of carbonyl (C=O) groups excluding carboxylic acids is 2. The minimum Gasteiger partial charge on any atom is -0.744 e. The van der Waals surface area contributed by atoms with E-state index in [4.69, 9.17) is 0 Å².